The molecule has 0 aliphatic heterocycles. The summed E-state index contributed by atoms with van der Waals surface area (Å²) in [6, 6.07) is 3.25. The lowest BCUT2D eigenvalue weighted by atomic mass is 10.1. The van der Waals surface area contributed by atoms with Crippen LogP contribution < -0.4 is 0 Å². The van der Waals surface area contributed by atoms with Crippen molar-refractivity contribution in [3.05, 3.63) is 28.4 Å². The van der Waals surface area contributed by atoms with Crippen LogP contribution in [0, 0.1) is 0 Å². The van der Waals surface area contributed by atoms with E-state index in [0.29, 0.717) is 0 Å². The highest BCUT2D eigenvalue weighted by molar-refractivity contribution is 9.10. The number of aromatic nitrogens is 2. The molecule has 0 saturated heterocycles. The Kier molecular flexibility index (Phi) is 2.73. The van der Waals surface area contributed by atoms with Crippen LogP contribution in [0.5, 0.6) is 0 Å². The van der Waals surface area contributed by atoms with Crippen molar-refractivity contribution in [3.8, 4) is 0 Å². The number of carbonyl (C=O) groups is 1. The van der Waals surface area contributed by atoms with E-state index in [1.165, 1.54) is 0 Å². The number of aromatic carboxylic acids is 1. The van der Waals surface area contributed by atoms with E-state index >= 15 is 0 Å². The van der Waals surface area contributed by atoms with Gasteiger partial charge in [0.05, 0.1) is 22.8 Å². The summed E-state index contributed by atoms with van der Waals surface area (Å²) in [7, 11) is 0. The number of halogens is 1. The Balaban J connectivity index is 2.79. The van der Waals surface area contributed by atoms with Crippen LogP contribution in [-0.4, -0.2) is 20.9 Å². The minimum absolute atomic E-state index is 0.182. The van der Waals surface area contributed by atoms with Gasteiger partial charge in [-0.2, -0.15) is 5.10 Å². The van der Waals surface area contributed by atoms with Crippen molar-refractivity contribution in [1.29, 1.82) is 0 Å². The van der Waals surface area contributed by atoms with Crippen LogP contribution in [0.1, 0.15) is 31.1 Å². The summed E-state index contributed by atoms with van der Waals surface area (Å²) in [4.78, 5) is 11.0. The Hall–Kier alpha value is -1.36. The zero-order chi connectivity index (χ0) is 12.8. The summed E-state index contributed by atoms with van der Waals surface area (Å²) in [5, 5.41) is 14.3. The molecule has 1 N–H and O–H groups in total. The molecule has 4 nitrogen and oxygen atoms in total. The molecule has 2 rings (SSSR count). The number of hydrogen-bond donors (Lipinski definition) is 1. The number of nitrogens with zero attached hydrogens (tertiary/aromatic N) is 2. The van der Waals surface area contributed by atoms with Crippen LogP contribution in [-0.2, 0) is 5.54 Å². The van der Waals surface area contributed by atoms with E-state index in [0.717, 1.165) is 15.4 Å². The van der Waals surface area contributed by atoms with Gasteiger partial charge in [-0.3, -0.25) is 4.68 Å². The molecular weight excluding hydrogens is 284 g/mol. The van der Waals surface area contributed by atoms with E-state index in [1.54, 1.807) is 18.3 Å². The number of carboxylic acid groups (broad SMARTS) is 1. The standard InChI is InChI=1S/C12H13BrN2O2/c1-12(2,3)15-10-5-7(11(16)17)4-9(13)8(10)6-14-15/h4-6H,1-3H3,(H,16,17). The zero-order valence-electron chi connectivity index (χ0n) is 9.86. The van der Waals surface area contributed by atoms with Gasteiger partial charge in [0.15, 0.2) is 0 Å². The van der Waals surface area contributed by atoms with Gasteiger partial charge >= 0.3 is 5.97 Å². The van der Waals surface area contributed by atoms with E-state index in [9.17, 15) is 4.79 Å². The summed E-state index contributed by atoms with van der Waals surface area (Å²) in [5.41, 5.74) is 0.901. The predicted octanol–water partition coefficient (Wildman–Crippen LogP) is 3.25. The summed E-state index contributed by atoms with van der Waals surface area (Å²) in [5.74, 6) is -0.936. The monoisotopic (exact) mass is 296 g/mol. The maximum atomic E-state index is 11.0. The quantitative estimate of drug-likeness (QED) is 0.879. The van der Waals surface area contributed by atoms with E-state index < -0.39 is 5.97 Å². The Morgan fingerprint density at radius 3 is 2.59 bits per heavy atom. The summed E-state index contributed by atoms with van der Waals surface area (Å²) in [6.45, 7) is 6.09. The van der Waals surface area contributed by atoms with Gasteiger partial charge in [-0.15, -0.1) is 0 Å². The fraction of sp³-hybridized carbons (Fsp3) is 0.333. The first kappa shape index (κ1) is 12.1. The third-order valence-electron chi connectivity index (χ3n) is 2.52. The maximum absolute atomic E-state index is 11.0. The van der Waals surface area contributed by atoms with E-state index in [1.807, 2.05) is 25.5 Å². The van der Waals surface area contributed by atoms with Crippen molar-refractivity contribution in [2.24, 2.45) is 0 Å². The molecule has 0 spiro atoms. The molecule has 0 fully saturated rings. The van der Waals surface area contributed by atoms with Crippen molar-refractivity contribution in [2.75, 3.05) is 0 Å². The lowest BCUT2D eigenvalue weighted by Gasteiger charge is -2.20. The Labute approximate surface area is 107 Å². The first-order valence-electron chi connectivity index (χ1n) is 5.22. The van der Waals surface area contributed by atoms with Gasteiger partial charge in [0.25, 0.3) is 0 Å². The normalized spacial score (nSPS) is 12.0. The third kappa shape index (κ3) is 2.07. The van der Waals surface area contributed by atoms with Crippen LogP contribution in [0.4, 0.5) is 0 Å². The summed E-state index contributed by atoms with van der Waals surface area (Å²) < 4.78 is 2.59. The van der Waals surface area contributed by atoms with Gasteiger partial charge in [0.2, 0.25) is 0 Å². The molecule has 0 atom stereocenters. The summed E-state index contributed by atoms with van der Waals surface area (Å²) in [6.07, 6.45) is 1.75. The van der Waals surface area contributed by atoms with Gasteiger partial charge in [0.1, 0.15) is 0 Å². The third-order valence-corrected chi connectivity index (χ3v) is 3.18. The van der Waals surface area contributed by atoms with Crippen LogP contribution in [0.2, 0.25) is 0 Å². The Morgan fingerprint density at radius 2 is 2.06 bits per heavy atom. The van der Waals surface area contributed by atoms with Crippen LogP contribution in [0.15, 0.2) is 22.8 Å². The average molecular weight is 297 g/mol. The second-order valence-electron chi connectivity index (χ2n) is 4.92. The average Bonchev–Trinajstić information content (AvgIpc) is 2.60. The minimum atomic E-state index is -0.936. The Morgan fingerprint density at radius 1 is 1.41 bits per heavy atom. The highest BCUT2D eigenvalue weighted by Gasteiger charge is 2.19. The fourth-order valence-corrected chi connectivity index (χ4v) is 2.29. The molecule has 0 aliphatic rings. The molecule has 1 aromatic heterocycles. The predicted molar refractivity (Wildman–Crippen MR) is 69.4 cm³/mol. The molecule has 0 saturated carbocycles. The van der Waals surface area contributed by atoms with E-state index in [-0.39, 0.29) is 11.1 Å². The van der Waals surface area contributed by atoms with Crippen LogP contribution in [0.3, 0.4) is 0 Å². The molecule has 1 heterocycles. The lowest BCUT2D eigenvalue weighted by molar-refractivity contribution is 0.0697. The molecule has 1 aromatic carbocycles. The number of benzene rings is 1. The van der Waals surface area contributed by atoms with Gasteiger partial charge < -0.3 is 5.11 Å². The second kappa shape index (κ2) is 3.84. The van der Waals surface area contributed by atoms with Crippen LogP contribution >= 0.6 is 15.9 Å². The van der Waals surface area contributed by atoms with Gasteiger partial charge in [-0.25, -0.2) is 4.79 Å². The molecule has 2 aromatic rings. The highest BCUT2D eigenvalue weighted by atomic mass is 79.9. The van der Waals surface area contributed by atoms with Crippen LogP contribution in [0.25, 0.3) is 10.9 Å². The molecular formula is C12H13BrN2O2. The van der Waals surface area contributed by atoms with Crippen molar-refractivity contribution >= 4 is 32.8 Å². The van der Waals surface area contributed by atoms with Crippen molar-refractivity contribution in [1.82, 2.24) is 9.78 Å². The van der Waals surface area contributed by atoms with Gasteiger partial charge in [-0.1, -0.05) is 15.9 Å². The van der Waals surface area contributed by atoms with Crippen molar-refractivity contribution < 1.29 is 9.90 Å². The van der Waals surface area contributed by atoms with Gasteiger partial charge in [0, 0.05) is 9.86 Å². The molecule has 17 heavy (non-hydrogen) atoms. The maximum Gasteiger partial charge on any atom is 0.335 e. The molecule has 0 unspecified atom stereocenters. The second-order valence-corrected chi connectivity index (χ2v) is 5.78. The molecule has 0 amide bonds. The van der Waals surface area contributed by atoms with E-state index in [4.69, 9.17) is 5.11 Å². The zero-order valence-corrected chi connectivity index (χ0v) is 11.4. The molecule has 0 bridgehead atoms. The first-order valence-corrected chi connectivity index (χ1v) is 6.01. The number of carboxylic acids is 1. The lowest BCUT2D eigenvalue weighted by Crippen LogP contribution is -2.22. The topological polar surface area (TPSA) is 55.1 Å². The molecule has 5 heteroatoms. The molecule has 0 aliphatic carbocycles. The Bertz CT molecular complexity index is 596. The van der Waals surface area contributed by atoms with Crippen molar-refractivity contribution in [2.45, 2.75) is 26.3 Å². The molecule has 90 valence electrons. The first-order chi connectivity index (χ1) is 7.80. The fourth-order valence-electron chi connectivity index (χ4n) is 1.74. The van der Waals surface area contributed by atoms with Crippen molar-refractivity contribution in [3.63, 3.8) is 0 Å². The SMILES string of the molecule is CC(C)(C)n1ncc2c(Br)cc(C(=O)O)cc21. The molecule has 0 radical (unpaired) electrons. The number of hydrogen-bond acceptors (Lipinski definition) is 2. The highest BCUT2D eigenvalue weighted by Crippen LogP contribution is 2.29. The van der Waals surface area contributed by atoms with Gasteiger partial charge in [-0.05, 0) is 32.9 Å². The number of rotatable bonds is 1. The minimum Gasteiger partial charge on any atom is -0.478 e. The summed E-state index contributed by atoms with van der Waals surface area (Å²) >= 11 is 3.38. The smallest absolute Gasteiger partial charge is 0.335 e. The largest absolute Gasteiger partial charge is 0.478 e. The van der Waals surface area contributed by atoms with E-state index in [2.05, 4.69) is 21.0 Å². The number of fused-ring (bicyclic) bond motifs is 1.